The maximum Gasteiger partial charge on any atom is 0.0382 e. The first-order valence-electron chi connectivity index (χ1n) is 4.97. The lowest BCUT2D eigenvalue weighted by atomic mass is 9.88. The zero-order valence-corrected chi connectivity index (χ0v) is 7.53. The molecule has 1 aliphatic carbocycles. The van der Waals surface area contributed by atoms with Crippen molar-refractivity contribution in [3.63, 3.8) is 0 Å². The van der Waals surface area contributed by atoms with Crippen molar-refractivity contribution in [3.05, 3.63) is 42.0 Å². The average molecular weight is 171 g/mol. The SMILES string of the molecule is C1=C[C@H]2c3ccccc3N[C@H]2CC1. The summed E-state index contributed by atoms with van der Waals surface area (Å²) in [4.78, 5) is 0. The molecule has 1 aromatic carbocycles. The van der Waals surface area contributed by atoms with E-state index in [1.54, 1.807) is 0 Å². The maximum absolute atomic E-state index is 3.59. The first-order chi connectivity index (χ1) is 6.45. The third-order valence-electron chi connectivity index (χ3n) is 3.08. The van der Waals surface area contributed by atoms with Crippen molar-refractivity contribution < 1.29 is 0 Å². The van der Waals surface area contributed by atoms with E-state index < -0.39 is 0 Å². The predicted molar refractivity (Wildman–Crippen MR) is 55.0 cm³/mol. The molecule has 0 amide bonds. The van der Waals surface area contributed by atoms with Crippen LogP contribution in [-0.4, -0.2) is 6.04 Å². The zero-order chi connectivity index (χ0) is 8.67. The molecule has 0 saturated carbocycles. The summed E-state index contributed by atoms with van der Waals surface area (Å²) in [6.07, 6.45) is 7.16. The van der Waals surface area contributed by atoms with Gasteiger partial charge in [-0.1, -0.05) is 30.4 Å². The van der Waals surface area contributed by atoms with E-state index in [9.17, 15) is 0 Å². The molecular formula is C12H13N. The van der Waals surface area contributed by atoms with Crippen LogP contribution in [0.25, 0.3) is 0 Å². The molecule has 66 valence electrons. The molecule has 2 aliphatic rings. The summed E-state index contributed by atoms with van der Waals surface area (Å²) in [5, 5.41) is 3.59. The predicted octanol–water partition coefficient (Wildman–Crippen LogP) is 2.91. The van der Waals surface area contributed by atoms with Crippen molar-refractivity contribution in [2.24, 2.45) is 0 Å². The van der Waals surface area contributed by atoms with Crippen LogP contribution >= 0.6 is 0 Å². The summed E-state index contributed by atoms with van der Waals surface area (Å²) < 4.78 is 0. The summed E-state index contributed by atoms with van der Waals surface area (Å²) in [6.45, 7) is 0. The van der Waals surface area contributed by atoms with E-state index in [0.717, 1.165) is 0 Å². The van der Waals surface area contributed by atoms with Crippen LogP contribution in [0.4, 0.5) is 5.69 Å². The molecule has 1 aromatic rings. The van der Waals surface area contributed by atoms with Gasteiger partial charge in [0.15, 0.2) is 0 Å². The highest BCUT2D eigenvalue weighted by Gasteiger charge is 2.30. The van der Waals surface area contributed by atoms with E-state index in [4.69, 9.17) is 0 Å². The molecule has 1 nitrogen and oxygen atoms in total. The fraction of sp³-hybridized carbons (Fsp3) is 0.333. The van der Waals surface area contributed by atoms with E-state index in [-0.39, 0.29) is 0 Å². The molecule has 1 aliphatic heterocycles. The lowest BCUT2D eigenvalue weighted by Gasteiger charge is -2.20. The molecule has 2 atom stereocenters. The van der Waals surface area contributed by atoms with E-state index in [2.05, 4.69) is 41.7 Å². The van der Waals surface area contributed by atoms with Crippen molar-refractivity contribution in [2.45, 2.75) is 24.8 Å². The second-order valence-electron chi connectivity index (χ2n) is 3.87. The van der Waals surface area contributed by atoms with Gasteiger partial charge in [-0.15, -0.1) is 0 Å². The number of rotatable bonds is 0. The Morgan fingerprint density at radius 3 is 3.15 bits per heavy atom. The minimum Gasteiger partial charge on any atom is -0.381 e. The van der Waals surface area contributed by atoms with E-state index in [1.807, 2.05) is 0 Å². The molecule has 3 rings (SSSR count). The van der Waals surface area contributed by atoms with E-state index in [1.165, 1.54) is 24.1 Å². The Bertz CT molecular complexity index is 354. The molecular weight excluding hydrogens is 158 g/mol. The number of benzene rings is 1. The molecule has 1 heterocycles. The largest absolute Gasteiger partial charge is 0.381 e. The van der Waals surface area contributed by atoms with Gasteiger partial charge in [0.25, 0.3) is 0 Å². The first-order valence-corrected chi connectivity index (χ1v) is 4.97. The van der Waals surface area contributed by atoms with Crippen molar-refractivity contribution in [3.8, 4) is 0 Å². The van der Waals surface area contributed by atoms with Gasteiger partial charge in [0.2, 0.25) is 0 Å². The number of nitrogens with one attached hydrogen (secondary N) is 1. The lowest BCUT2D eigenvalue weighted by Crippen LogP contribution is -2.21. The van der Waals surface area contributed by atoms with Crippen molar-refractivity contribution in [1.82, 2.24) is 0 Å². The molecule has 1 N–H and O–H groups in total. The highest BCUT2D eigenvalue weighted by Crippen LogP contribution is 2.40. The summed E-state index contributed by atoms with van der Waals surface area (Å²) in [7, 11) is 0. The van der Waals surface area contributed by atoms with Crippen molar-refractivity contribution in [1.29, 1.82) is 0 Å². The van der Waals surface area contributed by atoms with Crippen LogP contribution in [0, 0.1) is 0 Å². The number of hydrogen-bond acceptors (Lipinski definition) is 1. The Kier molecular flexibility index (Phi) is 1.45. The monoisotopic (exact) mass is 171 g/mol. The summed E-state index contributed by atoms with van der Waals surface area (Å²) in [5.74, 6) is 0.630. The molecule has 0 saturated heterocycles. The summed E-state index contributed by atoms with van der Waals surface area (Å²) >= 11 is 0. The fourth-order valence-electron chi connectivity index (χ4n) is 2.43. The van der Waals surface area contributed by atoms with E-state index >= 15 is 0 Å². The first kappa shape index (κ1) is 7.19. The van der Waals surface area contributed by atoms with Gasteiger partial charge in [-0.05, 0) is 24.5 Å². The third-order valence-corrected chi connectivity index (χ3v) is 3.08. The number of para-hydroxylation sites is 1. The van der Waals surface area contributed by atoms with Crippen LogP contribution < -0.4 is 5.32 Å². The molecule has 0 radical (unpaired) electrons. The maximum atomic E-state index is 3.59. The van der Waals surface area contributed by atoms with Gasteiger partial charge in [0, 0.05) is 17.6 Å². The standard InChI is InChI=1S/C12H13N/c1-3-7-11-9(5-1)10-6-2-4-8-12(10)13-11/h1-3,5-7,10,12-13H,4,8H2/t10-,12-/m0/s1. The smallest absolute Gasteiger partial charge is 0.0382 e. The van der Waals surface area contributed by atoms with Crippen molar-refractivity contribution in [2.75, 3.05) is 5.32 Å². The Morgan fingerprint density at radius 2 is 2.15 bits per heavy atom. The number of anilines is 1. The van der Waals surface area contributed by atoms with Gasteiger partial charge in [0.1, 0.15) is 0 Å². The molecule has 0 bridgehead atoms. The third kappa shape index (κ3) is 0.998. The van der Waals surface area contributed by atoms with Crippen LogP contribution in [0.15, 0.2) is 36.4 Å². The molecule has 13 heavy (non-hydrogen) atoms. The van der Waals surface area contributed by atoms with Crippen LogP contribution in [0.2, 0.25) is 0 Å². The van der Waals surface area contributed by atoms with Crippen LogP contribution in [0.5, 0.6) is 0 Å². The van der Waals surface area contributed by atoms with Gasteiger partial charge >= 0.3 is 0 Å². The van der Waals surface area contributed by atoms with Gasteiger partial charge in [-0.2, -0.15) is 0 Å². The summed E-state index contributed by atoms with van der Waals surface area (Å²) in [6, 6.07) is 9.31. The molecule has 0 spiro atoms. The normalized spacial score (nSPS) is 29.2. The number of fused-ring (bicyclic) bond motifs is 3. The Labute approximate surface area is 78.5 Å². The lowest BCUT2D eigenvalue weighted by molar-refractivity contribution is 0.607. The Balaban J connectivity index is 2.09. The second kappa shape index (κ2) is 2.63. The van der Waals surface area contributed by atoms with Gasteiger partial charge in [-0.3, -0.25) is 0 Å². The minimum absolute atomic E-state index is 0.630. The van der Waals surface area contributed by atoms with E-state index in [0.29, 0.717) is 12.0 Å². The van der Waals surface area contributed by atoms with Crippen LogP contribution in [0.3, 0.4) is 0 Å². The highest BCUT2D eigenvalue weighted by atomic mass is 15.0. The van der Waals surface area contributed by atoms with Crippen molar-refractivity contribution >= 4 is 5.69 Å². The topological polar surface area (TPSA) is 12.0 Å². The van der Waals surface area contributed by atoms with Crippen LogP contribution in [-0.2, 0) is 0 Å². The number of hydrogen-bond donors (Lipinski definition) is 1. The van der Waals surface area contributed by atoms with Gasteiger partial charge in [-0.25, -0.2) is 0 Å². The molecule has 0 unspecified atom stereocenters. The van der Waals surface area contributed by atoms with Crippen LogP contribution in [0.1, 0.15) is 24.3 Å². The minimum atomic E-state index is 0.630. The second-order valence-corrected chi connectivity index (χ2v) is 3.87. The molecule has 0 fully saturated rings. The average Bonchev–Trinajstić information content (AvgIpc) is 2.56. The Morgan fingerprint density at radius 1 is 1.23 bits per heavy atom. The molecule has 0 aromatic heterocycles. The molecule has 1 heteroatoms. The fourth-order valence-corrected chi connectivity index (χ4v) is 2.43. The Hall–Kier alpha value is -1.24. The quantitative estimate of drug-likeness (QED) is 0.592. The van der Waals surface area contributed by atoms with Gasteiger partial charge in [0.05, 0.1) is 0 Å². The number of allylic oxidation sites excluding steroid dienone is 1. The highest BCUT2D eigenvalue weighted by molar-refractivity contribution is 5.61. The van der Waals surface area contributed by atoms with Gasteiger partial charge < -0.3 is 5.32 Å². The zero-order valence-electron chi connectivity index (χ0n) is 7.53. The summed E-state index contributed by atoms with van der Waals surface area (Å²) in [5.41, 5.74) is 2.81.